The summed E-state index contributed by atoms with van der Waals surface area (Å²) in [5, 5.41) is 8.68. The van der Waals surface area contributed by atoms with Crippen LogP contribution in [0, 0.1) is 23.2 Å². The molecule has 0 atom stereocenters. The lowest BCUT2D eigenvalue weighted by atomic mass is 9.66. The Hall–Kier alpha value is -1.59. The summed E-state index contributed by atoms with van der Waals surface area (Å²) in [5.41, 5.74) is 3.13. The zero-order valence-electron chi connectivity index (χ0n) is 20.0. The van der Waals surface area contributed by atoms with Crippen molar-refractivity contribution in [3.8, 4) is 6.07 Å². The lowest BCUT2D eigenvalue weighted by Gasteiger charge is -2.43. The third-order valence-corrected chi connectivity index (χ3v) is 8.29. The lowest BCUT2D eigenvalue weighted by Crippen LogP contribution is -2.38. The second-order valence-corrected chi connectivity index (χ2v) is 10.1. The molecule has 1 aromatic carbocycles. The van der Waals surface area contributed by atoms with Gasteiger partial charge in [-0.15, -0.1) is 0 Å². The first kappa shape index (κ1) is 24.1. The fourth-order valence-corrected chi connectivity index (χ4v) is 6.14. The summed E-state index contributed by atoms with van der Waals surface area (Å²) in [7, 11) is 1.88. The molecule has 2 fully saturated rings. The number of methoxy groups -OCH3 is 1. The minimum Gasteiger partial charge on any atom is -0.378 e. The highest BCUT2D eigenvalue weighted by molar-refractivity contribution is 5.26. The predicted octanol–water partition coefficient (Wildman–Crippen LogP) is 8.13. The molecule has 2 aliphatic carbocycles. The number of hydrogen-bond acceptors (Lipinski definition) is 2. The highest BCUT2D eigenvalue weighted by atomic mass is 16.5. The second kappa shape index (κ2) is 12.4. The van der Waals surface area contributed by atoms with Gasteiger partial charge >= 0.3 is 0 Å². The summed E-state index contributed by atoms with van der Waals surface area (Å²) >= 11 is 0. The third kappa shape index (κ3) is 6.95. The monoisotopic (exact) mass is 421 g/mol. The molecule has 0 N–H and O–H groups in total. The van der Waals surface area contributed by atoms with Crippen molar-refractivity contribution in [3.05, 3.63) is 47.5 Å². The van der Waals surface area contributed by atoms with E-state index in [4.69, 9.17) is 10.00 Å². The van der Waals surface area contributed by atoms with Crippen molar-refractivity contribution in [3.63, 3.8) is 0 Å². The molecular formula is C29H43NO. The SMILES string of the molecule is CCCCCc1ccc(C2CCC(C3CCC(CCC=CC#N)(OC)CC3)CC2)cc1. The van der Waals surface area contributed by atoms with Crippen LogP contribution < -0.4 is 0 Å². The molecule has 0 spiro atoms. The lowest BCUT2D eigenvalue weighted by molar-refractivity contribution is -0.0614. The Kier molecular flexibility index (Phi) is 9.66. The molecule has 0 bridgehead atoms. The van der Waals surface area contributed by atoms with E-state index in [9.17, 15) is 0 Å². The van der Waals surface area contributed by atoms with Crippen molar-refractivity contribution < 1.29 is 4.74 Å². The van der Waals surface area contributed by atoms with Crippen LogP contribution in [-0.2, 0) is 11.2 Å². The van der Waals surface area contributed by atoms with E-state index in [0.717, 1.165) is 30.6 Å². The highest BCUT2D eigenvalue weighted by Gasteiger charge is 2.38. The van der Waals surface area contributed by atoms with Crippen molar-refractivity contribution >= 4 is 0 Å². The number of hydrogen-bond donors (Lipinski definition) is 0. The molecule has 170 valence electrons. The van der Waals surface area contributed by atoms with E-state index in [2.05, 4.69) is 37.3 Å². The third-order valence-electron chi connectivity index (χ3n) is 8.29. The molecule has 0 saturated heterocycles. The molecule has 2 nitrogen and oxygen atoms in total. The van der Waals surface area contributed by atoms with E-state index in [0.29, 0.717) is 0 Å². The van der Waals surface area contributed by atoms with Gasteiger partial charge in [0.2, 0.25) is 0 Å². The van der Waals surface area contributed by atoms with Gasteiger partial charge in [-0.2, -0.15) is 5.26 Å². The van der Waals surface area contributed by atoms with Crippen LogP contribution in [0.1, 0.15) is 107 Å². The van der Waals surface area contributed by atoms with E-state index < -0.39 is 0 Å². The van der Waals surface area contributed by atoms with Crippen LogP contribution in [-0.4, -0.2) is 12.7 Å². The predicted molar refractivity (Wildman–Crippen MR) is 130 cm³/mol. The number of rotatable bonds is 10. The van der Waals surface area contributed by atoms with Gasteiger partial charge in [0, 0.05) is 13.2 Å². The first-order valence-electron chi connectivity index (χ1n) is 12.9. The Morgan fingerprint density at radius 1 is 1.00 bits per heavy atom. The van der Waals surface area contributed by atoms with Gasteiger partial charge in [0.1, 0.15) is 0 Å². The number of benzene rings is 1. The van der Waals surface area contributed by atoms with Crippen LogP contribution >= 0.6 is 0 Å². The largest absolute Gasteiger partial charge is 0.378 e. The Morgan fingerprint density at radius 3 is 2.29 bits per heavy atom. The number of allylic oxidation sites excluding steroid dienone is 2. The molecule has 2 saturated carbocycles. The molecule has 3 rings (SSSR count). The van der Waals surface area contributed by atoms with Crippen LogP contribution in [0.15, 0.2) is 36.4 Å². The van der Waals surface area contributed by atoms with Crippen LogP contribution in [0.4, 0.5) is 0 Å². The summed E-state index contributed by atoms with van der Waals surface area (Å²) in [6.07, 6.45) is 21.3. The number of aryl methyl sites for hydroxylation is 1. The minimum atomic E-state index is 0.0480. The van der Waals surface area contributed by atoms with Gasteiger partial charge in [-0.3, -0.25) is 0 Å². The number of ether oxygens (including phenoxy) is 1. The number of nitriles is 1. The van der Waals surface area contributed by atoms with Gasteiger partial charge in [-0.25, -0.2) is 0 Å². The van der Waals surface area contributed by atoms with Crippen LogP contribution in [0.3, 0.4) is 0 Å². The van der Waals surface area contributed by atoms with Gasteiger partial charge in [0.05, 0.1) is 11.7 Å². The molecule has 1 aromatic rings. The summed E-state index contributed by atoms with van der Waals surface area (Å²) in [4.78, 5) is 0. The molecule has 0 aromatic heterocycles. The normalized spacial score (nSPS) is 29.1. The summed E-state index contributed by atoms with van der Waals surface area (Å²) in [5.74, 6) is 2.58. The second-order valence-electron chi connectivity index (χ2n) is 10.1. The average molecular weight is 422 g/mol. The molecule has 0 aliphatic heterocycles. The first-order chi connectivity index (χ1) is 15.2. The molecule has 0 unspecified atom stereocenters. The van der Waals surface area contributed by atoms with Gasteiger partial charge in [0.25, 0.3) is 0 Å². The van der Waals surface area contributed by atoms with Crippen molar-refractivity contribution in [1.82, 2.24) is 0 Å². The molecule has 0 heterocycles. The highest BCUT2D eigenvalue weighted by Crippen LogP contribution is 2.46. The Morgan fingerprint density at radius 2 is 1.68 bits per heavy atom. The maximum atomic E-state index is 8.68. The topological polar surface area (TPSA) is 33.0 Å². The molecule has 0 amide bonds. The number of nitrogens with zero attached hydrogens (tertiary/aromatic N) is 1. The van der Waals surface area contributed by atoms with Crippen molar-refractivity contribution in [2.45, 2.75) is 108 Å². The van der Waals surface area contributed by atoms with Gasteiger partial charge < -0.3 is 4.74 Å². The van der Waals surface area contributed by atoms with Crippen molar-refractivity contribution in [2.24, 2.45) is 11.8 Å². The van der Waals surface area contributed by atoms with Gasteiger partial charge in [-0.05, 0) is 106 Å². The Balaban J connectivity index is 1.43. The molecule has 0 radical (unpaired) electrons. The molecule has 31 heavy (non-hydrogen) atoms. The van der Waals surface area contributed by atoms with Crippen molar-refractivity contribution in [1.29, 1.82) is 5.26 Å². The first-order valence-corrected chi connectivity index (χ1v) is 12.9. The van der Waals surface area contributed by atoms with Crippen LogP contribution in [0.25, 0.3) is 0 Å². The quantitative estimate of drug-likeness (QED) is 0.282. The summed E-state index contributed by atoms with van der Waals surface area (Å²) < 4.78 is 5.99. The van der Waals surface area contributed by atoms with E-state index in [-0.39, 0.29) is 5.60 Å². The fraction of sp³-hybridized carbons (Fsp3) is 0.690. The standard InChI is InChI=1S/C29H43NO/c1-3-4-6-9-24-10-12-25(13-11-24)26-14-16-27(17-15-26)28-18-21-29(31-2,22-19-28)20-7-5-8-23-30/h5,8,10-13,26-28H,3-4,6-7,9,14-22H2,1-2H3. The molecule has 2 heteroatoms. The summed E-state index contributed by atoms with van der Waals surface area (Å²) in [6, 6.07) is 11.7. The van der Waals surface area contributed by atoms with Gasteiger partial charge in [-0.1, -0.05) is 50.1 Å². The van der Waals surface area contributed by atoms with Gasteiger partial charge in [0.15, 0.2) is 0 Å². The van der Waals surface area contributed by atoms with E-state index in [1.54, 1.807) is 11.6 Å². The van der Waals surface area contributed by atoms with E-state index in [1.807, 2.05) is 13.2 Å². The zero-order chi connectivity index (χ0) is 21.9. The smallest absolute Gasteiger partial charge is 0.0908 e. The fourth-order valence-electron chi connectivity index (χ4n) is 6.14. The number of unbranched alkanes of at least 4 members (excludes halogenated alkanes) is 2. The van der Waals surface area contributed by atoms with Crippen molar-refractivity contribution in [2.75, 3.05) is 7.11 Å². The molecular weight excluding hydrogens is 378 g/mol. The van der Waals surface area contributed by atoms with Crippen LogP contribution in [0.2, 0.25) is 0 Å². The maximum absolute atomic E-state index is 8.68. The minimum absolute atomic E-state index is 0.0480. The maximum Gasteiger partial charge on any atom is 0.0908 e. The zero-order valence-corrected chi connectivity index (χ0v) is 20.0. The average Bonchev–Trinajstić information content (AvgIpc) is 2.83. The van der Waals surface area contributed by atoms with Crippen LogP contribution in [0.5, 0.6) is 0 Å². The van der Waals surface area contributed by atoms with E-state index in [1.165, 1.54) is 82.6 Å². The summed E-state index contributed by atoms with van der Waals surface area (Å²) in [6.45, 7) is 2.28. The molecule has 2 aliphatic rings. The Bertz CT molecular complexity index is 697. The van der Waals surface area contributed by atoms with E-state index >= 15 is 0 Å². The Labute approximate surface area is 191 Å².